The van der Waals surface area contributed by atoms with E-state index in [-0.39, 0.29) is 11.4 Å². The monoisotopic (exact) mass is 326 g/mol. The van der Waals surface area contributed by atoms with Crippen molar-refractivity contribution in [2.45, 2.75) is 18.3 Å². The van der Waals surface area contributed by atoms with Crippen molar-refractivity contribution in [3.63, 3.8) is 0 Å². The highest BCUT2D eigenvalue weighted by Gasteiger charge is 2.62. The van der Waals surface area contributed by atoms with Gasteiger partial charge in [-0.1, -0.05) is 6.07 Å². The number of pyridine rings is 2. The van der Waals surface area contributed by atoms with Crippen LogP contribution in [0.3, 0.4) is 0 Å². The van der Waals surface area contributed by atoms with E-state index in [1.807, 2.05) is 0 Å². The number of aliphatic hydroxyl groups is 1. The van der Waals surface area contributed by atoms with Gasteiger partial charge in [0.05, 0.1) is 24.0 Å². The summed E-state index contributed by atoms with van der Waals surface area (Å²) < 4.78 is 53.0. The molecule has 0 radical (unpaired) electrons. The average Bonchev–Trinajstić information content (AvgIpc) is 2.88. The lowest BCUT2D eigenvalue weighted by Gasteiger charge is -2.33. The average molecular weight is 326 g/mol. The summed E-state index contributed by atoms with van der Waals surface area (Å²) in [6.45, 7) is 0. The third-order valence-corrected chi connectivity index (χ3v) is 3.39. The Labute approximate surface area is 127 Å². The summed E-state index contributed by atoms with van der Waals surface area (Å²) in [5.74, 6) is -0.847. The van der Waals surface area contributed by atoms with Crippen LogP contribution in [0.2, 0.25) is 0 Å². The summed E-state index contributed by atoms with van der Waals surface area (Å²) in [6, 6.07) is 5.04. The van der Waals surface area contributed by atoms with Gasteiger partial charge in [-0.25, -0.2) is 9.99 Å². The molecular weight excluding hydrogens is 316 g/mol. The Bertz CT molecular complexity index is 733. The van der Waals surface area contributed by atoms with Crippen LogP contribution in [0.1, 0.15) is 12.0 Å². The second-order valence-corrected chi connectivity index (χ2v) is 4.93. The molecule has 1 aliphatic heterocycles. The minimum atomic E-state index is -4.98. The quantitative estimate of drug-likeness (QED) is 0.680. The maximum atomic E-state index is 13.4. The van der Waals surface area contributed by atoms with E-state index in [1.165, 1.54) is 18.5 Å². The Kier molecular flexibility index (Phi) is 3.52. The molecule has 1 atom stereocenters. The molecule has 2 aromatic rings. The molecule has 0 saturated carbocycles. The van der Waals surface area contributed by atoms with Crippen LogP contribution in [0.15, 0.2) is 48.0 Å². The van der Waals surface area contributed by atoms with Gasteiger partial charge in [-0.3, -0.25) is 4.98 Å². The summed E-state index contributed by atoms with van der Waals surface area (Å²) in [7, 11) is 0. The molecule has 5 nitrogen and oxygen atoms in total. The molecule has 0 spiro atoms. The molecule has 0 amide bonds. The Balaban J connectivity index is 2.07. The minimum Gasteiger partial charge on any atom is -0.362 e. The first-order valence-electron chi connectivity index (χ1n) is 6.50. The molecule has 3 heterocycles. The number of alkyl halides is 3. The lowest BCUT2D eigenvalue weighted by Crippen LogP contribution is -2.55. The SMILES string of the molecule is OC1(C(F)(F)F)CC(c2cccnc2)=NN1c1ccc(F)nc1. The number of hydrogen-bond donors (Lipinski definition) is 1. The lowest BCUT2D eigenvalue weighted by atomic mass is 10.0. The van der Waals surface area contributed by atoms with E-state index in [4.69, 9.17) is 0 Å². The molecule has 0 fully saturated rings. The standard InChI is InChI=1S/C14H10F4N4O/c15-12-4-3-10(8-20-12)22-13(23,14(16,17)18)6-11(21-22)9-2-1-5-19-7-9/h1-5,7-8,23H,6H2. The van der Waals surface area contributed by atoms with Crippen molar-refractivity contribution in [2.75, 3.05) is 5.01 Å². The molecule has 9 heteroatoms. The number of hydrazone groups is 1. The topological polar surface area (TPSA) is 61.6 Å². The largest absolute Gasteiger partial charge is 0.438 e. The molecule has 0 aliphatic carbocycles. The van der Waals surface area contributed by atoms with Crippen LogP contribution < -0.4 is 5.01 Å². The predicted octanol–water partition coefficient (Wildman–Crippen LogP) is 2.48. The van der Waals surface area contributed by atoms with Crippen LogP contribution in [0.4, 0.5) is 23.2 Å². The van der Waals surface area contributed by atoms with Crippen LogP contribution in [0.25, 0.3) is 0 Å². The van der Waals surface area contributed by atoms with E-state index in [1.54, 1.807) is 6.07 Å². The van der Waals surface area contributed by atoms with E-state index < -0.39 is 24.3 Å². The van der Waals surface area contributed by atoms with Crippen LogP contribution >= 0.6 is 0 Å². The minimum absolute atomic E-state index is 0.0160. The zero-order chi connectivity index (χ0) is 16.7. The van der Waals surface area contributed by atoms with Crippen LogP contribution in [0.5, 0.6) is 0 Å². The molecule has 120 valence electrons. The smallest absolute Gasteiger partial charge is 0.362 e. The molecular formula is C14H10F4N4O. The first-order valence-corrected chi connectivity index (χ1v) is 6.50. The second-order valence-electron chi connectivity index (χ2n) is 4.93. The van der Waals surface area contributed by atoms with Crippen molar-refractivity contribution < 1.29 is 22.7 Å². The van der Waals surface area contributed by atoms with E-state index in [0.29, 0.717) is 10.6 Å². The third-order valence-electron chi connectivity index (χ3n) is 3.39. The van der Waals surface area contributed by atoms with Gasteiger partial charge in [0.1, 0.15) is 0 Å². The van der Waals surface area contributed by atoms with Crippen molar-refractivity contribution in [1.29, 1.82) is 0 Å². The number of hydrogen-bond acceptors (Lipinski definition) is 5. The van der Waals surface area contributed by atoms with E-state index >= 15 is 0 Å². The van der Waals surface area contributed by atoms with Crippen LogP contribution in [-0.4, -0.2) is 32.7 Å². The van der Waals surface area contributed by atoms with Gasteiger partial charge >= 0.3 is 6.18 Å². The van der Waals surface area contributed by atoms with Gasteiger partial charge < -0.3 is 5.11 Å². The number of nitrogens with zero attached hydrogens (tertiary/aromatic N) is 4. The lowest BCUT2D eigenvalue weighted by molar-refractivity contribution is -0.254. The van der Waals surface area contributed by atoms with Gasteiger partial charge in [0, 0.05) is 18.0 Å². The number of rotatable bonds is 2. The van der Waals surface area contributed by atoms with Crippen molar-refractivity contribution in [3.8, 4) is 0 Å². The maximum Gasteiger partial charge on any atom is 0.438 e. The molecule has 3 rings (SSSR count). The zero-order valence-corrected chi connectivity index (χ0v) is 11.5. The molecule has 0 saturated heterocycles. The normalized spacial score (nSPS) is 21.4. The van der Waals surface area contributed by atoms with Gasteiger partial charge in [-0.05, 0) is 18.2 Å². The number of aromatic nitrogens is 2. The zero-order valence-electron chi connectivity index (χ0n) is 11.5. The molecule has 1 N–H and O–H groups in total. The van der Waals surface area contributed by atoms with Gasteiger partial charge in [0.2, 0.25) is 5.95 Å². The van der Waals surface area contributed by atoms with E-state index in [0.717, 1.165) is 18.3 Å². The highest BCUT2D eigenvalue weighted by atomic mass is 19.4. The highest BCUT2D eigenvalue weighted by molar-refractivity contribution is 6.03. The molecule has 0 bridgehead atoms. The van der Waals surface area contributed by atoms with Crippen molar-refractivity contribution in [1.82, 2.24) is 9.97 Å². The van der Waals surface area contributed by atoms with Gasteiger partial charge in [-0.2, -0.15) is 22.7 Å². The highest BCUT2D eigenvalue weighted by Crippen LogP contribution is 2.43. The predicted molar refractivity (Wildman–Crippen MR) is 73.1 cm³/mol. The van der Waals surface area contributed by atoms with E-state index in [9.17, 15) is 22.7 Å². The van der Waals surface area contributed by atoms with E-state index in [2.05, 4.69) is 15.1 Å². The summed E-state index contributed by atoms with van der Waals surface area (Å²) in [4.78, 5) is 7.13. The van der Waals surface area contributed by atoms with Gasteiger partial charge in [-0.15, -0.1) is 0 Å². The third kappa shape index (κ3) is 2.63. The fourth-order valence-corrected chi connectivity index (χ4v) is 2.23. The summed E-state index contributed by atoms with van der Waals surface area (Å²) >= 11 is 0. The Hall–Kier alpha value is -2.55. The molecule has 23 heavy (non-hydrogen) atoms. The summed E-state index contributed by atoms with van der Waals surface area (Å²) in [5, 5.41) is 14.4. The Morgan fingerprint density at radius 2 is 1.96 bits per heavy atom. The first kappa shape index (κ1) is 15.3. The summed E-state index contributed by atoms with van der Waals surface area (Å²) in [5.41, 5.74) is -3.04. The fraction of sp³-hybridized carbons (Fsp3) is 0.214. The second kappa shape index (κ2) is 5.27. The molecule has 2 aromatic heterocycles. The van der Waals surface area contributed by atoms with Gasteiger partial charge in [0.15, 0.2) is 0 Å². The van der Waals surface area contributed by atoms with Gasteiger partial charge in [0.25, 0.3) is 5.72 Å². The molecule has 0 aromatic carbocycles. The Morgan fingerprint density at radius 3 is 2.52 bits per heavy atom. The Morgan fingerprint density at radius 1 is 1.17 bits per heavy atom. The van der Waals surface area contributed by atoms with Crippen molar-refractivity contribution in [3.05, 3.63) is 54.4 Å². The molecule has 1 aliphatic rings. The van der Waals surface area contributed by atoms with Crippen molar-refractivity contribution in [2.24, 2.45) is 5.10 Å². The van der Waals surface area contributed by atoms with Crippen LogP contribution in [-0.2, 0) is 0 Å². The fourth-order valence-electron chi connectivity index (χ4n) is 2.23. The maximum absolute atomic E-state index is 13.4. The van der Waals surface area contributed by atoms with Crippen LogP contribution in [0, 0.1) is 5.95 Å². The molecule has 1 unspecified atom stereocenters. The van der Waals surface area contributed by atoms with Crippen molar-refractivity contribution >= 4 is 11.4 Å². The summed E-state index contributed by atoms with van der Waals surface area (Å²) in [6.07, 6.45) is -2.06. The number of halogens is 4. The first-order chi connectivity index (χ1) is 10.8. The number of anilines is 1.